The Balaban J connectivity index is 2.10. The van der Waals surface area contributed by atoms with E-state index in [0.717, 1.165) is 6.42 Å². The zero-order valence-corrected chi connectivity index (χ0v) is 20.8. The molecule has 2 aliphatic rings. The molecule has 8 nitrogen and oxygen atoms in total. The fourth-order valence-electron chi connectivity index (χ4n) is 4.04. The average Bonchev–Trinajstić information content (AvgIpc) is 2.88. The number of hydrogen-bond acceptors (Lipinski definition) is 6. The number of nitrogens with zero attached hydrogens (tertiary/aromatic N) is 2. The molecule has 176 valence electrons. The molecule has 0 radical (unpaired) electrons. The van der Waals surface area contributed by atoms with E-state index in [-0.39, 0.29) is 40.8 Å². The number of aromatic hydroxyl groups is 1. The molecule has 3 N–H and O–H groups in total. The van der Waals surface area contributed by atoms with Crippen LogP contribution in [0.4, 0.5) is 5.69 Å². The molecule has 0 aliphatic carbocycles. The first-order valence-corrected chi connectivity index (χ1v) is 12.5. The molecular weight excluding hydrogens is 429 g/mol. The van der Waals surface area contributed by atoms with Crippen molar-refractivity contribution in [2.45, 2.75) is 60.9 Å². The number of carbonyl (C=O) groups excluding carboxylic acids is 1. The number of amides is 1. The Morgan fingerprint density at radius 1 is 1.19 bits per heavy atom. The molecule has 1 unspecified atom stereocenters. The highest BCUT2D eigenvalue weighted by Crippen LogP contribution is 2.53. The van der Waals surface area contributed by atoms with E-state index in [1.165, 1.54) is 18.2 Å². The summed E-state index contributed by atoms with van der Waals surface area (Å²) in [5.74, 6) is -0.510. The Bertz CT molecular complexity index is 1030. The van der Waals surface area contributed by atoms with Crippen molar-refractivity contribution in [3.63, 3.8) is 0 Å². The van der Waals surface area contributed by atoms with E-state index in [2.05, 4.69) is 30.9 Å². The van der Waals surface area contributed by atoms with Gasteiger partial charge in [-0.1, -0.05) is 41.5 Å². The summed E-state index contributed by atoms with van der Waals surface area (Å²) in [5.41, 5.74) is -0.106. The highest BCUT2D eigenvalue weighted by Gasteiger charge is 2.48. The predicted molar refractivity (Wildman–Crippen MR) is 127 cm³/mol. The quantitative estimate of drug-likeness (QED) is 0.552. The summed E-state index contributed by atoms with van der Waals surface area (Å²) in [6.07, 6.45) is 0.750. The van der Waals surface area contributed by atoms with Crippen LogP contribution in [0.25, 0.3) is 0 Å². The number of benzene rings is 1. The number of anilines is 1. The largest absolute Gasteiger partial charge is 0.509 e. The van der Waals surface area contributed by atoms with Gasteiger partial charge in [-0.2, -0.15) is 4.76 Å². The number of nitrogens with one attached hydrogen (secondary N) is 1. The van der Waals surface area contributed by atoms with Gasteiger partial charge in [0.1, 0.15) is 17.1 Å². The molecular formula is C23H34N3O5P. The van der Waals surface area contributed by atoms with E-state index < -0.39 is 19.0 Å². The van der Waals surface area contributed by atoms with E-state index in [4.69, 9.17) is 4.52 Å². The van der Waals surface area contributed by atoms with Crippen molar-refractivity contribution in [3.05, 3.63) is 29.5 Å². The van der Waals surface area contributed by atoms with Crippen molar-refractivity contribution < 1.29 is 24.1 Å². The van der Waals surface area contributed by atoms with Crippen LogP contribution < -0.4 is 10.6 Å². The second kappa shape index (κ2) is 8.23. The zero-order chi connectivity index (χ0) is 24.1. The molecule has 9 heteroatoms. The van der Waals surface area contributed by atoms with E-state index in [1.807, 2.05) is 20.8 Å². The number of amidine groups is 1. The maximum Gasteiger partial charge on any atom is 0.348 e. The van der Waals surface area contributed by atoms with Crippen LogP contribution in [-0.4, -0.2) is 46.0 Å². The van der Waals surface area contributed by atoms with Gasteiger partial charge in [0.05, 0.1) is 23.6 Å². The third-order valence-corrected chi connectivity index (χ3v) is 7.61. The summed E-state index contributed by atoms with van der Waals surface area (Å²) < 4.78 is 23.4. The number of hydrogen-bond donors (Lipinski definition) is 3. The second-order valence-corrected chi connectivity index (χ2v) is 12.5. The summed E-state index contributed by atoms with van der Waals surface area (Å²) in [5, 5.41) is 24.5. The van der Waals surface area contributed by atoms with Crippen molar-refractivity contribution in [2.24, 2.45) is 15.6 Å². The van der Waals surface area contributed by atoms with Crippen molar-refractivity contribution in [2.75, 3.05) is 18.5 Å². The van der Waals surface area contributed by atoms with E-state index in [9.17, 15) is 19.6 Å². The van der Waals surface area contributed by atoms with Gasteiger partial charge >= 0.3 is 7.52 Å². The lowest BCUT2D eigenvalue weighted by Crippen LogP contribution is -2.45. The van der Waals surface area contributed by atoms with Crippen LogP contribution >= 0.6 is 7.52 Å². The minimum absolute atomic E-state index is 0.00281. The molecule has 0 saturated carbocycles. The second-order valence-electron chi connectivity index (χ2n) is 10.6. The number of carbonyl (C=O) groups is 1. The number of aliphatic hydroxyl groups is 1. The molecule has 0 fully saturated rings. The van der Waals surface area contributed by atoms with Crippen LogP contribution in [-0.2, 0) is 13.9 Å². The molecule has 0 aromatic heterocycles. The molecule has 3 rings (SSSR count). The number of aliphatic hydroxyl groups excluding tert-OH is 1. The van der Waals surface area contributed by atoms with Crippen molar-refractivity contribution in [1.82, 2.24) is 4.90 Å². The van der Waals surface area contributed by atoms with Gasteiger partial charge in [0, 0.05) is 12.6 Å². The Kier molecular flexibility index (Phi) is 6.26. The van der Waals surface area contributed by atoms with E-state index >= 15 is 0 Å². The van der Waals surface area contributed by atoms with E-state index in [0.29, 0.717) is 17.5 Å². The fraction of sp³-hybridized carbons (Fsp3) is 0.565. The minimum Gasteiger partial charge on any atom is -0.509 e. The molecule has 2 aliphatic heterocycles. The summed E-state index contributed by atoms with van der Waals surface area (Å²) in [6.45, 7) is 14.5. The van der Waals surface area contributed by atoms with Gasteiger partial charge in [-0.25, -0.2) is 0 Å². The van der Waals surface area contributed by atoms with Crippen LogP contribution in [0, 0.1) is 10.8 Å². The van der Waals surface area contributed by atoms with Gasteiger partial charge in [-0.3, -0.25) is 9.36 Å². The van der Waals surface area contributed by atoms with Gasteiger partial charge in [-0.05, 0) is 36.3 Å². The third-order valence-electron chi connectivity index (χ3n) is 5.53. The Morgan fingerprint density at radius 2 is 1.84 bits per heavy atom. The van der Waals surface area contributed by atoms with Crippen LogP contribution in [0.3, 0.4) is 0 Å². The van der Waals surface area contributed by atoms with Crippen LogP contribution in [0.2, 0.25) is 0 Å². The zero-order valence-electron chi connectivity index (χ0n) is 19.9. The maximum atomic E-state index is 13.6. The summed E-state index contributed by atoms with van der Waals surface area (Å²) >= 11 is 0. The standard InChI is InChI=1S/C23H34N3O5P/c1-8-31-32(30)16-10-9-14(27)13-15(16)24-20(25-32)17-18(28)19(23(5,6)7)26(21(17)29)12-11-22(2,3)4/h9-10,13,19,27-28H,8,11-12H2,1-7H3,(H,24,25,30)/t19-,32?/m1/s1. The fourth-order valence-corrected chi connectivity index (χ4v) is 5.79. The molecule has 1 amide bonds. The number of rotatable bonds is 5. The monoisotopic (exact) mass is 463 g/mol. The Morgan fingerprint density at radius 3 is 2.41 bits per heavy atom. The van der Waals surface area contributed by atoms with Gasteiger partial charge < -0.3 is 25.0 Å². The molecule has 2 heterocycles. The van der Waals surface area contributed by atoms with Crippen LogP contribution in [0.5, 0.6) is 5.75 Å². The molecule has 1 aromatic carbocycles. The lowest BCUT2D eigenvalue weighted by atomic mass is 9.84. The lowest BCUT2D eigenvalue weighted by Gasteiger charge is -2.36. The van der Waals surface area contributed by atoms with Gasteiger partial charge in [0.2, 0.25) is 0 Å². The van der Waals surface area contributed by atoms with Crippen LogP contribution in [0.15, 0.2) is 34.3 Å². The van der Waals surface area contributed by atoms with Crippen molar-refractivity contribution in [1.29, 1.82) is 0 Å². The number of phenolic OH excluding ortho intramolecular Hbond substituents is 1. The van der Waals surface area contributed by atoms with Crippen molar-refractivity contribution in [3.8, 4) is 5.75 Å². The van der Waals surface area contributed by atoms with Gasteiger partial charge in [0.15, 0.2) is 5.84 Å². The molecule has 0 saturated heterocycles. The summed E-state index contributed by atoms with van der Waals surface area (Å²) in [7, 11) is -3.71. The third kappa shape index (κ3) is 4.57. The summed E-state index contributed by atoms with van der Waals surface area (Å²) in [6, 6.07) is 3.76. The first-order valence-electron chi connectivity index (χ1n) is 10.9. The topological polar surface area (TPSA) is 111 Å². The van der Waals surface area contributed by atoms with Crippen molar-refractivity contribution >= 4 is 30.3 Å². The van der Waals surface area contributed by atoms with Gasteiger partial charge in [0.25, 0.3) is 5.91 Å². The maximum absolute atomic E-state index is 13.6. The normalized spacial score (nSPS) is 23.8. The lowest BCUT2D eigenvalue weighted by molar-refractivity contribution is -0.128. The molecule has 0 spiro atoms. The molecule has 1 aromatic rings. The van der Waals surface area contributed by atoms with Crippen LogP contribution in [0.1, 0.15) is 54.9 Å². The summed E-state index contributed by atoms with van der Waals surface area (Å²) in [4.78, 5) is 15.2. The first-order chi connectivity index (χ1) is 14.7. The number of fused-ring (bicyclic) bond motifs is 1. The SMILES string of the molecule is CCOP1(=O)N=C(C2=C(O)[C@H](C(C)(C)C)N(CCC(C)(C)C)C2=O)Nc2cc(O)ccc21. The Labute approximate surface area is 189 Å². The predicted octanol–water partition coefficient (Wildman–Crippen LogP) is 4.58. The molecule has 32 heavy (non-hydrogen) atoms. The smallest absolute Gasteiger partial charge is 0.348 e. The highest BCUT2D eigenvalue weighted by molar-refractivity contribution is 7.66. The molecule has 2 atom stereocenters. The minimum atomic E-state index is -3.71. The highest BCUT2D eigenvalue weighted by atomic mass is 31.2. The molecule has 0 bridgehead atoms. The number of phenols is 1. The Hall–Kier alpha value is -2.31. The first kappa shape index (κ1) is 24.3. The van der Waals surface area contributed by atoms with E-state index in [1.54, 1.807) is 11.8 Å². The average molecular weight is 464 g/mol. The van der Waals surface area contributed by atoms with Gasteiger partial charge in [-0.15, -0.1) is 0 Å².